The van der Waals surface area contributed by atoms with Crippen molar-refractivity contribution in [3.63, 3.8) is 0 Å². The van der Waals surface area contributed by atoms with Gasteiger partial charge in [0.25, 0.3) is 0 Å². The zero-order valence-corrected chi connectivity index (χ0v) is 11.6. The van der Waals surface area contributed by atoms with Gasteiger partial charge in [-0.2, -0.15) is 0 Å². The van der Waals surface area contributed by atoms with Crippen LogP contribution in [-0.2, 0) is 6.42 Å². The smallest absolute Gasteiger partial charge is 0.125 e. The van der Waals surface area contributed by atoms with Crippen LogP contribution in [0, 0.1) is 0 Å². The van der Waals surface area contributed by atoms with Crippen LogP contribution < -0.4 is 4.74 Å². The van der Waals surface area contributed by atoms with E-state index in [2.05, 4.69) is 20.9 Å². The summed E-state index contributed by atoms with van der Waals surface area (Å²) in [5.74, 6) is 0.674. The monoisotopic (exact) mass is 307 g/mol. The average Bonchev–Trinajstić information content (AvgIpc) is 2.39. The van der Waals surface area contributed by atoms with E-state index in [1.807, 2.05) is 36.4 Å². The van der Waals surface area contributed by atoms with Crippen LogP contribution in [0.25, 0.3) is 0 Å². The summed E-state index contributed by atoms with van der Waals surface area (Å²) in [6.07, 6.45) is 1.57. The summed E-state index contributed by atoms with van der Waals surface area (Å²) >= 11 is 3.38. The van der Waals surface area contributed by atoms with Crippen LogP contribution in [0.4, 0.5) is 0 Å². The van der Waals surface area contributed by atoms with Crippen molar-refractivity contribution in [3.8, 4) is 5.75 Å². The summed E-state index contributed by atoms with van der Waals surface area (Å²) in [4.78, 5) is 4.21. The van der Waals surface area contributed by atoms with Crippen molar-refractivity contribution in [2.75, 3.05) is 7.11 Å². The van der Waals surface area contributed by atoms with Crippen molar-refractivity contribution in [3.05, 3.63) is 58.3 Å². The van der Waals surface area contributed by atoms with E-state index in [4.69, 9.17) is 4.74 Å². The molecule has 0 bridgehead atoms. The van der Waals surface area contributed by atoms with Crippen molar-refractivity contribution >= 4 is 15.9 Å². The van der Waals surface area contributed by atoms with Gasteiger partial charge in [-0.1, -0.05) is 28.1 Å². The third-order valence-electron chi connectivity index (χ3n) is 2.68. The molecule has 3 nitrogen and oxygen atoms in total. The Labute approximate surface area is 115 Å². The van der Waals surface area contributed by atoms with Crippen LogP contribution in [-0.4, -0.2) is 17.2 Å². The van der Waals surface area contributed by atoms with Crippen LogP contribution in [0.2, 0.25) is 0 Å². The van der Waals surface area contributed by atoms with Crippen molar-refractivity contribution < 1.29 is 9.84 Å². The third kappa shape index (κ3) is 3.09. The van der Waals surface area contributed by atoms with Gasteiger partial charge < -0.3 is 9.84 Å². The Balaban J connectivity index is 2.21. The van der Waals surface area contributed by atoms with Crippen molar-refractivity contribution in [1.29, 1.82) is 0 Å². The predicted molar refractivity (Wildman–Crippen MR) is 73.6 cm³/mol. The van der Waals surface area contributed by atoms with E-state index in [-0.39, 0.29) is 0 Å². The summed E-state index contributed by atoms with van der Waals surface area (Å²) in [6, 6.07) is 11.3. The zero-order valence-electron chi connectivity index (χ0n) is 10.0. The lowest BCUT2D eigenvalue weighted by Gasteiger charge is -2.14. The largest absolute Gasteiger partial charge is 0.496 e. The third-order valence-corrected chi connectivity index (χ3v) is 3.18. The molecule has 0 radical (unpaired) electrons. The molecule has 2 rings (SSSR count). The minimum absolute atomic E-state index is 0.471. The highest BCUT2D eigenvalue weighted by Crippen LogP contribution is 2.30. The molecule has 0 saturated carbocycles. The number of benzene rings is 1. The first-order valence-corrected chi connectivity index (χ1v) is 6.41. The number of ether oxygens (including phenoxy) is 1. The van der Waals surface area contributed by atoms with Gasteiger partial charge in [0.15, 0.2) is 0 Å². The Morgan fingerprint density at radius 1 is 1.33 bits per heavy atom. The van der Waals surface area contributed by atoms with Gasteiger partial charge in [-0.15, -0.1) is 0 Å². The summed E-state index contributed by atoms with van der Waals surface area (Å²) in [6.45, 7) is 0. The molecule has 1 aromatic carbocycles. The van der Waals surface area contributed by atoms with Crippen molar-refractivity contribution in [1.82, 2.24) is 4.98 Å². The quantitative estimate of drug-likeness (QED) is 0.943. The van der Waals surface area contributed by atoms with Gasteiger partial charge in [-0.3, -0.25) is 4.98 Å². The maximum atomic E-state index is 10.2. The van der Waals surface area contributed by atoms with Crippen LogP contribution in [0.15, 0.2) is 47.1 Å². The van der Waals surface area contributed by atoms with E-state index >= 15 is 0 Å². The van der Waals surface area contributed by atoms with Gasteiger partial charge in [0.05, 0.1) is 13.2 Å². The van der Waals surface area contributed by atoms with E-state index in [0.29, 0.717) is 12.2 Å². The van der Waals surface area contributed by atoms with E-state index in [0.717, 1.165) is 15.7 Å². The Morgan fingerprint density at radius 3 is 2.83 bits per heavy atom. The molecule has 1 heterocycles. The number of rotatable bonds is 4. The molecule has 0 aliphatic carbocycles. The van der Waals surface area contributed by atoms with E-state index in [1.54, 1.807) is 13.3 Å². The normalized spacial score (nSPS) is 12.2. The maximum Gasteiger partial charge on any atom is 0.125 e. The first-order chi connectivity index (χ1) is 8.70. The minimum Gasteiger partial charge on any atom is -0.496 e. The fraction of sp³-hybridized carbons (Fsp3) is 0.214. The highest BCUT2D eigenvalue weighted by atomic mass is 79.9. The molecular formula is C14H14BrNO2. The molecule has 0 amide bonds. The van der Waals surface area contributed by atoms with Gasteiger partial charge in [-0.25, -0.2) is 0 Å². The highest BCUT2D eigenvalue weighted by molar-refractivity contribution is 9.10. The summed E-state index contributed by atoms with van der Waals surface area (Å²) in [5, 5.41) is 10.2. The van der Waals surface area contributed by atoms with E-state index in [1.165, 1.54) is 0 Å². The van der Waals surface area contributed by atoms with Gasteiger partial charge >= 0.3 is 0 Å². The standard InChI is InChI=1S/C14H14BrNO2/c1-18-14-8-10(15)5-6-12(14)13(17)9-11-4-2-3-7-16-11/h2-8,13,17H,9H2,1H3. The second-order valence-corrected chi connectivity index (χ2v) is 4.84. The van der Waals surface area contributed by atoms with Crippen molar-refractivity contribution in [2.45, 2.75) is 12.5 Å². The van der Waals surface area contributed by atoms with Gasteiger partial charge in [0, 0.05) is 28.3 Å². The molecule has 1 unspecified atom stereocenters. The molecule has 4 heteroatoms. The SMILES string of the molecule is COc1cc(Br)ccc1C(O)Cc1ccccn1. The molecule has 0 saturated heterocycles. The second kappa shape index (κ2) is 5.98. The number of nitrogens with zero attached hydrogens (tertiary/aromatic N) is 1. The Kier molecular flexibility index (Phi) is 4.33. The predicted octanol–water partition coefficient (Wildman–Crippen LogP) is 3.13. The van der Waals surface area contributed by atoms with Crippen LogP contribution in [0.3, 0.4) is 0 Å². The molecule has 2 aromatic rings. The van der Waals surface area contributed by atoms with E-state index in [9.17, 15) is 5.11 Å². The fourth-order valence-corrected chi connectivity index (χ4v) is 2.13. The first-order valence-electron chi connectivity index (χ1n) is 5.62. The molecule has 0 aliphatic heterocycles. The molecule has 0 aliphatic rings. The van der Waals surface area contributed by atoms with Crippen LogP contribution in [0.5, 0.6) is 5.75 Å². The van der Waals surface area contributed by atoms with Gasteiger partial charge in [0.1, 0.15) is 5.75 Å². The summed E-state index contributed by atoms with van der Waals surface area (Å²) < 4.78 is 6.20. The summed E-state index contributed by atoms with van der Waals surface area (Å²) in [5.41, 5.74) is 1.63. The number of halogens is 1. The molecule has 0 spiro atoms. The van der Waals surface area contributed by atoms with Crippen LogP contribution >= 0.6 is 15.9 Å². The molecule has 1 aromatic heterocycles. The fourth-order valence-electron chi connectivity index (χ4n) is 1.79. The Hall–Kier alpha value is -1.39. The van der Waals surface area contributed by atoms with Gasteiger partial charge in [0.2, 0.25) is 0 Å². The Morgan fingerprint density at radius 2 is 2.17 bits per heavy atom. The Bertz CT molecular complexity index is 516. The lowest BCUT2D eigenvalue weighted by atomic mass is 10.0. The molecule has 18 heavy (non-hydrogen) atoms. The summed E-state index contributed by atoms with van der Waals surface area (Å²) in [7, 11) is 1.60. The first kappa shape index (κ1) is 13.1. The minimum atomic E-state index is -0.622. The topological polar surface area (TPSA) is 42.4 Å². The number of pyridine rings is 1. The van der Waals surface area contributed by atoms with E-state index < -0.39 is 6.10 Å². The zero-order chi connectivity index (χ0) is 13.0. The lowest BCUT2D eigenvalue weighted by Crippen LogP contribution is -2.05. The highest BCUT2D eigenvalue weighted by Gasteiger charge is 2.14. The number of aliphatic hydroxyl groups is 1. The molecule has 94 valence electrons. The number of aliphatic hydroxyl groups excluding tert-OH is 1. The average molecular weight is 308 g/mol. The molecule has 1 atom stereocenters. The lowest BCUT2D eigenvalue weighted by molar-refractivity contribution is 0.173. The second-order valence-electron chi connectivity index (χ2n) is 3.93. The molecule has 1 N–H and O–H groups in total. The van der Waals surface area contributed by atoms with Crippen molar-refractivity contribution in [2.24, 2.45) is 0 Å². The molecule has 0 fully saturated rings. The number of hydrogen-bond acceptors (Lipinski definition) is 3. The molecular weight excluding hydrogens is 294 g/mol. The number of hydrogen-bond donors (Lipinski definition) is 1. The van der Waals surface area contributed by atoms with Crippen LogP contribution in [0.1, 0.15) is 17.4 Å². The van der Waals surface area contributed by atoms with Gasteiger partial charge in [-0.05, 0) is 24.3 Å². The number of methoxy groups -OCH3 is 1. The maximum absolute atomic E-state index is 10.2. The number of aromatic nitrogens is 1.